The van der Waals surface area contributed by atoms with Gasteiger partial charge < -0.3 is 4.57 Å². The zero-order valence-corrected chi connectivity index (χ0v) is 15.0. The lowest BCUT2D eigenvalue weighted by Gasteiger charge is -2.03. The molecule has 0 fully saturated rings. The number of pyridine rings is 1. The molecule has 0 saturated carbocycles. The first-order valence-corrected chi connectivity index (χ1v) is 9.19. The Balaban J connectivity index is 1.73. The molecule has 3 aromatic heterocycles. The Morgan fingerprint density at radius 1 is 1.20 bits per heavy atom. The first kappa shape index (κ1) is 17.2. The van der Waals surface area contributed by atoms with Crippen LogP contribution >= 0.6 is 0 Å². The predicted molar refractivity (Wildman–Crippen MR) is 90.5 cm³/mol. The summed E-state index contributed by atoms with van der Waals surface area (Å²) >= 11 is 0. The summed E-state index contributed by atoms with van der Waals surface area (Å²) in [6.45, 7) is 3.95. The molecule has 132 valence electrons. The molecule has 0 saturated heterocycles. The van der Waals surface area contributed by atoms with Gasteiger partial charge in [0.1, 0.15) is 5.82 Å². The van der Waals surface area contributed by atoms with E-state index in [1.165, 1.54) is 6.20 Å². The fourth-order valence-corrected chi connectivity index (χ4v) is 3.36. The van der Waals surface area contributed by atoms with Crippen LogP contribution in [0.3, 0.4) is 0 Å². The molecule has 0 atom stereocenters. The van der Waals surface area contributed by atoms with Crippen LogP contribution in [0, 0.1) is 0 Å². The Morgan fingerprint density at radius 3 is 2.56 bits per heavy atom. The van der Waals surface area contributed by atoms with Gasteiger partial charge in [-0.05, 0) is 12.1 Å². The fourth-order valence-electron chi connectivity index (χ4n) is 2.36. The van der Waals surface area contributed by atoms with E-state index >= 15 is 0 Å². The highest BCUT2D eigenvalue weighted by Crippen LogP contribution is 2.16. The van der Waals surface area contributed by atoms with E-state index in [1.807, 2.05) is 13.8 Å². The van der Waals surface area contributed by atoms with E-state index in [2.05, 4.69) is 25.0 Å². The quantitative estimate of drug-likeness (QED) is 0.702. The van der Waals surface area contributed by atoms with E-state index in [-0.39, 0.29) is 17.5 Å². The number of imidazole rings is 1. The fraction of sp³-hybridized carbons (Fsp3) is 0.333. The second-order valence-electron chi connectivity index (χ2n) is 5.89. The van der Waals surface area contributed by atoms with Gasteiger partial charge in [0.05, 0.1) is 24.1 Å². The molecule has 0 aliphatic heterocycles. The van der Waals surface area contributed by atoms with Gasteiger partial charge in [-0.1, -0.05) is 19.1 Å². The third-order valence-electron chi connectivity index (χ3n) is 3.59. The molecule has 0 unspecified atom stereocenters. The van der Waals surface area contributed by atoms with Crippen LogP contribution in [0.2, 0.25) is 0 Å². The largest absolute Gasteiger partial charge is 0.336 e. The summed E-state index contributed by atoms with van der Waals surface area (Å²) in [5.41, 5.74) is 1.29. The van der Waals surface area contributed by atoms with Gasteiger partial charge in [0.15, 0.2) is 5.03 Å². The number of aryl methyl sites for hydroxylation is 1. The molecule has 0 radical (unpaired) electrons. The van der Waals surface area contributed by atoms with Crippen molar-refractivity contribution < 1.29 is 8.42 Å². The Morgan fingerprint density at radius 2 is 1.92 bits per heavy atom. The van der Waals surface area contributed by atoms with Gasteiger partial charge in [-0.25, -0.2) is 22.8 Å². The summed E-state index contributed by atoms with van der Waals surface area (Å²) in [6.07, 6.45) is 6.46. The molecule has 1 N–H and O–H groups in total. The van der Waals surface area contributed by atoms with Crippen LogP contribution in [0.4, 0.5) is 0 Å². The summed E-state index contributed by atoms with van der Waals surface area (Å²) < 4.78 is 30.6. The highest BCUT2D eigenvalue weighted by atomic mass is 32.2. The molecular weight excluding hydrogens is 342 g/mol. The van der Waals surface area contributed by atoms with E-state index in [1.54, 1.807) is 47.0 Å². The van der Waals surface area contributed by atoms with Crippen molar-refractivity contribution in [2.45, 2.75) is 31.3 Å². The van der Waals surface area contributed by atoms with Gasteiger partial charge in [0.25, 0.3) is 10.0 Å². The molecule has 0 aliphatic rings. The lowest BCUT2D eigenvalue weighted by Crippen LogP contribution is -2.23. The minimum Gasteiger partial charge on any atom is -0.336 e. The molecule has 10 heteroatoms. The van der Waals surface area contributed by atoms with E-state index in [0.717, 1.165) is 5.69 Å². The monoisotopic (exact) mass is 361 g/mol. The van der Waals surface area contributed by atoms with E-state index in [4.69, 9.17) is 0 Å². The molecule has 0 amide bonds. The van der Waals surface area contributed by atoms with Crippen molar-refractivity contribution >= 4 is 10.0 Å². The molecule has 0 aliphatic carbocycles. The lowest BCUT2D eigenvalue weighted by molar-refractivity contribution is 0.576. The number of rotatable bonds is 6. The Labute approximate surface area is 145 Å². The standard InChI is InChI=1S/C15H19N7O2S/c1-11(2)15-18-14(10-21(15)3)25(23,24)17-8-12-9-22(20-19-12)13-4-6-16-7-5-13/h4-7,9-11,17H,8H2,1-3H3. The van der Waals surface area contributed by atoms with Crippen molar-refractivity contribution in [3.05, 3.63) is 48.4 Å². The normalized spacial score (nSPS) is 12.0. The average molecular weight is 361 g/mol. The third kappa shape index (κ3) is 3.74. The van der Waals surface area contributed by atoms with Gasteiger partial charge in [-0.3, -0.25) is 4.98 Å². The Bertz CT molecular complexity index is 961. The molecule has 9 nitrogen and oxygen atoms in total. The van der Waals surface area contributed by atoms with E-state index < -0.39 is 10.0 Å². The number of hydrogen-bond donors (Lipinski definition) is 1. The summed E-state index contributed by atoms with van der Waals surface area (Å²) in [6, 6.07) is 3.56. The average Bonchev–Trinajstić information content (AvgIpc) is 3.21. The maximum atomic E-state index is 12.4. The summed E-state index contributed by atoms with van der Waals surface area (Å²) in [5.74, 6) is 0.846. The second-order valence-corrected chi connectivity index (χ2v) is 7.60. The van der Waals surface area contributed by atoms with Crippen LogP contribution in [0.5, 0.6) is 0 Å². The zero-order chi connectivity index (χ0) is 18.0. The molecule has 0 spiro atoms. The predicted octanol–water partition coefficient (Wildman–Crippen LogP) is 0.998. The zero-order valence-electron chi connectivity index (χ0n) is 14.2. The molecule has 3 rings (SSSR count). The maximum Gasteiger partial charge on any atom is 0.259 e. The van der Waals surface area contributed by atoms with Crippen molar-refractivity contribution in [2.24, 2.45) is 7.05 Å². The van der Waals surface area contributed by atoms with Crippen molar-refractivity contribution in [1.29, 1.82) is 0 Å². The smallest absolute Gasteiger partial charge is 0.259 e. The number of nitrogens with one attached hydrogen (secondary N) is 1. The second kappa shape index (κ2) is 6.73. The number of sulfonamides is 1. The highest BCUT2D eigenvalue weighted by molar-refractivity contribution is 7.89. The van der Waals surface area contributed by atoms with Gasteiger partial charge in [0, 0.05) is 31.6 Å². The molecule has 3 aromatic rings. The van der Waals surface area contributed by atoms with Crippen LogP contribution in [0.25, 0.3) is 5.69 Å². The first-order chi connectivity index (χ1) is 11.9. The third-order valence-corrected chi connectivity index (χ3v) is 4.87. The van der Waals surface area contributed by atoms with Crippen LogP contribution < -0.4 is 4.72 Å². The van der Waals surface area contributed by atoms with Crippen molar-refractivity contribution in [1.82, 2.24) is 34.3 Å². The maximum absolute atomic E-state index is 12.4. The number of aromatic nitrogens is 6. The van der Waals surface area contributed by atoms with Crippen LogP contribution in [-0.4, -0.2) is 37.9 Å². The molecule has 0 aromatic carbocycles. The molecule has 0 bridgehead atoms. The minimum absolute atomic E-state index is 0.000209. The van der Waals surface area contributed by atoms with Crippen LogP contribution in [0.1, 0.15) is 31.3 Å². The summed E-state index contributed by atoms with van der Waals surface area (Å²) in [4.78, 5) is 8.15. The Kier molecular flexibility index (Phi) is 4.64. The van der Waals surface area contributed by atoms with Crippen molar-refractivity contribution in [3.8, 4) is 5.69 Å². The SMILES string of the molecule is CC(C)c1nc(S(=O)(=O)NCc2cn(-c3ccncc3)nn2)cn1C. The lowest BCUT2D eigenvalue weighted by atomic mass is 10.2. The first-order valence-electron chi connectivity index (χ1n) is 7.71. The van der Waals surface area contributed by atoms with Crippen molar-refractivity contribution in [3.63, 3.8) is 0 Å². The molecule has 3 heterocycles. The van der Waals surface area contributed by atoms with Gasteiger partial charge in [-0.2, -0.15) is 0 Å². The highest BCUT2D eigenvalue weighted by Gasteiger charge is 2.21. The van der Waals surface area contributed by atoms with Gasteiger partial charge in [0.2, 0.25) is 0 Å². The Hall–Kier alpha value is -2.59. The van der Waals surface area contributed by atoms with E-state index in [0.29, 0.717) is 11.5 Å². The minimum atomic E-state index is -3.72. The van der Waals surface area contributed by atoms with Crippen LogP contribution in [-0.2, 0) is 23.6 Å². The summed E-state index contributed by atoms with van der Waals surface area (Å²) in [7, 11) is -1.94. The topological polar surface area (TPSA) is 108 Å². The van der Waals surface area contributed by atoms with Gasteiger partial charge in [-0.15, -0.1) is 5.10 Å². The molecule has 25 heavy (non-hydrogen) atoms. The molecular formula is C15H19N7O2S. The van der Waals surface area contributed by atoms with Gasteiger partial charge >= 0.3 is 0 Å². The van der Waals surface area contributed by atoms with Crippen LogP contribution in [0.15, 0.2) is 41.9 Å². The number of nitrogens with zero attached hydrogens (tertiary/aromatic N) is 6. The van der Waals surface area contributed by atoms with Crippen molar-refractivity contribution in [2.75, 3.05) is 0 Å². The summed E-state index contributed by atoms with van der Waals surface area (Å²) in [5, 5.41) is 7.97. The van der Waals surface area contributed by atoms with E-state index in [9.17, 15) is 8.42 Å². The number of hydrogen-bond acceptors (Lipinski definition) is 6.